The van der Waals surface area contributed by atoms with Crippen LogP contribution in [0.5, 0.6) is 5.75 Å². The molecule has 0 radical (unpaired) electrons. The van der Waals surface area contributed by atoms with Crippen molar-refractivity contribution in [2.24, 2.45) is 0 Å². The average Bonchev–Trinajstić information content (AvgIpc) is 3.28. The predicted octanol–water partition coefficient (Wildman–Crippen LogP) is 3.12. The molecule has 134 valence electrons. The zero-order valence-electron chi connectivity index (χ0n) is 14.0. The molecule has 0 aliphatic heterocycles. The van der Waals surface area contributed by atoms with Crippen molar-refractivity contribution < 1.29 is 27.4 Å². The van der Waals surface area contributed by atoms with Crippen LogP contribution in [0.2, 0.25) is 0 Å². The van der Waals surface area contributed by atoms with Crippen LogP contribution in [0.3, 0.4) is 0 Å². The van der Waals surface area contributed by atoms with E-state index in [9.17, 15) is 18.0 Å². The lowest BCUT2D eigenvalue weighted by molar-refractivity contribution is -0.175. The first-order chi connectivity index (χ1) is 11.2. The van der Waals surface area contributed by atoms with Crippen molar-refractivity contribution >= 4 is 5.91 Å². The first-order valence-electron chi connectivity index (χ1n) is 7.78. The minimum absolute atomic E-state index is 0.182. The van der Waals surface area contributed by atoms with Gasteiger partial charge in [-0.2, -0.15) is 13.2 Å². The van der Waals surface area contributed by atoms with Crippen LogP contribution in [0, 0.1) is 6.92 Å². The van der Waals surface area contributed by atoms with Gasteiger partial charge in [0, 0.05) is 6.04 Å². The summed E-state index contributed by atoms with van der Waals surface area (Å²) in [4.78, 5) is 12.6. The summed E-state index contributed by atoms with van der Waals surface area (Å²) in [5, 5.41) is 2.75. The largest absolute Gasteiger partial charge is 0.496 e. The van der Waals surface area contributed by atoms with Gasteiger partial charge in [0.25, 0.3) is 0 Å². The van der Waals surface area contributed by atoms with Crippen molar-refractivity contribution in [2.75, 3.05) is 20.3 Å². The van der Waals surface area contributed by atoms with E-state index in [2.05, 4.69) is 10.1 Å². The van der Waals surface area contributed by atoms with E-state index >= 15 is 0 Å². The maximum absolute atomic E-state index is 12.6. The van der Waals surface area contributed by atoms with Crippen LogP contribution in [0.4, 0.5) is 13.2 Å². The number of hydrogen-bond donors (Lipinski definition) is 1. The summed E-state index contributed by atoms with van der Waals surface area (Å²) in [6.45, 7) is 2.05. The monoisotopic (exact) mass is 345 g/mol. The molecule has 1 fully saturated rings. The fraction of sp³-hybridized carbons (Fsp3) is 0.588. The number of benzene rings is 1. The smallest absolute Gasteiger partial charge is 0.411 e. The van der Waals surface area contributed by atoms with Crippen LogP contribution >= 0.6 is 0 Å². The van der Waals surface area contributed by atoms with E-state index in [0.29, 0.717) is 18.6 Å². The van der Waals surface area contributed by atoms with Crippen LogP contribution < -0.4 is 10.1 Å². The average molecular weight is 345 g/mol. The molecule has 0 heterocycles. The molecule has 1 aromatic carbocycles. The van der Waals surface area contributed by atoms with E-state index in [1.54, 1.807) is 14.0 Å². The maximum atomic E-state index is 12.6. The number of halogens is 3. The van der Waals surface area contributed by atoms with Gasteiger partial charge in [0.15, 0.2) is 0 Å². The summed E-state index contributed by atoms with van der Waals surface area (Å²) in [5.74, 6) is 0.532. The summed E-state index contributed by atoms with van der Waals surface area (Å²) >= 11 is 0. The van der Waals surface area contributed by atoms with Gasteiger partial charge in [-0.1, -0.05) is 12.1 Å². The zero-order chi connectivity index (χ0) is 18.0. The minimum Gasteiger partial charge on any atom is -0.496 e. The van der Waals surface area contributed by atoms with Crippen molar-refractivity contribution in [3.63, 3.8) is 0 Å². The van der Waals surface area contributed by atoms with Crippen LogP contribution in [0.1, 0.15) is 30.9 Å². The van der Waals surface area contributed by atoms with Gasteiger partial charge in [0.2, 0.25) is 5.91 Å². The number of rotatable bonds is 7. The highest BCUT2D eigenvalue weighted by Crippen LogP contribution is 2.49. The van der Waals surface area contributed by atoms with Crippen molar-refractivity contribution in [1.82, 2.24) is 5.32 Å². The predicted molar refractivity (Wildman–Crippen MR) is 83.1 cm³/mol. The molecule has 24 heavy (non-hydrogen) atoms. The summed E-state index contributed by atoms with van der Waals surface area (Å²) < 4.78 is 46.1. The number of aryl methyl sites for hydroxylation is 1. The molecule has 0 bridgehead atoms. The quantitative estimate of drug-likeness (QED) is 0.826. The molecule has 0 saturated heterocycles. The van der Waals surface area contributed by atoms with Gasteiger partial charge >= 0.3 is 6.18 Å². The van der Waals surface area contributed by atoms with Crippen LogP contribution in [0.25, 0.3) is 0 Å². The van der Waals surface area contributed by atoms with E-state index in [1.807, 2.05) is 25.1 Å². The summed E-state index contributed by atoms with van der Waals surface area (Å²) in [5.41, 5.74) is 1.23. The number of amides is 1. The molecule has 1 N–H and O–H groups in total. The number of nitrogens with one attached hydrogen (secondary N) is 1. The maximum Gasteiger partial charge on any atom is 0.411 e. The van der Waals surface area contributed by atoms with Gasteiger partial charge in [0.1, 0.15) is 12.4 Å². The minimum atomic E-state index is -4.36. The molecular formula is C17H22F3NO3. The highest BCUT2D eigenvalue weighted by molar-refractivity contribution is 5.91. The summed E-state index contributed by atoms with van der Waals surface area (Å²) in [7, 11) is 1.58. The second kappa shape index (κ2) is 7.01. The summed E-state index contributed by atoms with van der Waals surface area (Å²) in [6, 6.07) is 5.16. The standard InChI is InChI=1S/C17H22F3NO3/c1-11-4-5-13(8-14(11)23-3)16(6-7-16)15(22)21-12(2)9-24-10-17(18,19)20/h4-5,8,12H,6-7,9-10H2,1-3H3,(H,21,22)/t12-/m0/s1. The molecule has 1 amide bonds. The van der Waals surface area contributed by atoms with Gasteiger partial charge in [-0.05, 0) is 43.9 Å². The fourth-order valence-corrected chi connectivity index (χ4v) is 2.64. The second-order valence-electron chi connectivity index (χ2n) is 6.27. The third-order valence-electron chi connectivity index (χ3n) is 4.16. The first kappa shape index (κ1) is 18.6. The third kappa shape index (κ3) is 4.41. The molecule has 1 aliphatic carbocycles. The first-order valence-corrected chi connectivity index (χ1v) is 7.78. The number of hydrogen-bond acceptors (Lipinski definition) is 3. The molecule has 1 saturated carbocycles. The Labute approximate surface area is 139 Å². The van der Waals surface area contributed by atoms with E-state index in [4.69, 9.17) is 4.74 Å². The van der Waals surface area contributed by atoms with E-state index < -0.39 is 24.2 Å². The number of methoxy groups -OCH3 is 1. The van der Waals surface area contributed by atoms with Crippen molar-refractivity contribution in [3.8, 4) is 5.75 Å². The number of carbonyl (C=O) groups excluding carboxylic acids is 1. The Morgan fingerprint density at radius 2 is 2.04 bits per heavy atom. The molecule has 1 atom stereocenters. The number of ether oxygens (including phenoxy) is 2. The van der Waals surface area contributed by atoms with Crippen molar-refractivity contribution in [3.05, 3.63) is 29.3 Å². The van der Waals surface area contributed by atoms with E-state index in [-0.39, 0.29) is 12.5 Å². The summed E-state index contributed by atoms with van der Waals surface area (Å²) in [6.07, 6.45) is -2.94. The Kier molecular flexibility index (Phi) is 5.42. The molecule has 4 nitrogen and oxygen atoms in total. The lowest BCUT2D eigenvalue weighted by Crippen LogP contribution is -2.42. The van der Waals surface area contributed by atoms with Gasteiger partial charge in [-0.15, -0.1) is 0 Å². The lowest BCUT2D eigenvalue weighted by atomic mass is 9.93. The molecule has 2 rings (SSSR count). The highest BCUT2D eigenvalue weighted by atomic mass is 19.4. The van der Waals surface area contributed by atoms with Gasteiger partial charge in [-0.3, -0.25) is 4.79 Å². The van der Waals surface area contributed by atoms with Gasteiger partial charge < -0.3 is 14.8 Å². The SMILES string of the molecule is COc1cc(C2(C(=O)N[C@@H](C)COCC(F)(F)F)CC2)ccc1C. The van der Waals surface area contributed by atoms with Crippen LogP contribution in [-0.4, -0.2) is 38.4 Å². The van der Waals surface area contributed by atoms with E-state index in [0.717, 1.165) is 11.1 Å². The molecule has 0 spiro atoms. The lowest BCUT2D eigenvalue weighted by Gasteiger charge is -2.21. The number of alkyl halides is 3. The van der Waals surface area contributed by atoms with Crippen molar-refractivity contribution in [1.29, 1.82) is 0 Å². The molecule has 7 heteroatoms. The molecule has 1 aromatic rings. The topological polar surface area (TPSA) is 47.6 Å². The Morgan fingerprint density at radius 1 is 1.38 bits per heavy atom. The normalized spacial score (nSPS) is 17.2. The molecule has 0 aromatic heterocycles. The van der Waals surface area contributed by atoms with Crippen LogP contribution in [0.15, 0.2) is 18.2 Å². The highest BCUT2D eigenvalue weighted by Gasteiger charge is 2.51. The molecular weight excluding hydrogens is 323 g/mol. The Balaban J connectivity index is 1.96. The Hall–Kier alpha value is -1.76. The number of carbonyl (C=O) groups is 1. The van der Waals surface area contributed by atoms with Crippen LogP contribution in [-0.2, 0) is 14.9 Å². The third-order valence-corrected chi connectivity index (χ3v) is 4.16. The van der Waals surface area contributed by atoms with Gasteiger partial charge in [-0.25, -0.2) is 0 Å². The van der Waals surface area contributed by atoms with Crippen molar-refractivity contribution in [2.45, 2.75) is 44.3 Å². The molecule has 1 aliphatic rings. The van der Waals surface area contributed by atoms with E-state index in [1.165, 1.54) is 0 Å². The Morgan fingerprint density at radius 3 is 2.58 bits per heavy atom. The zero-order valence-corrected chi connectivity index (χ0v) is 14.0. The van der Waals surface area contributed by atoms with Gasteiger partial charge in [0.05, 0.1) is 19.1 Å². The fourth-order valence-electron chi connectivity index (χ4n) is 2.64. The molecule has 0 unspecified atom stereocenters. The second-order valence-corrected chi connectivity index (χ2v) is 6.27. The Bertz CT molecular complexity index is 597.